The number of ether oxygens (including phenoxy) is 1. The molecule has 0 spiro atoms. The Morgan fingerprint density at radius 2 is 1.77 bits per heavy atom. The minimum absolute atomic E-state index is 0.0404. The molecule has 0 bridgehead atoms. The first kappa shape index (κ1) is 21.3. The molecule has 2 aromatic carbocycles. The Labute approximate surface area is 184 Å². The second-order valence-corrected chi connectivity index (χ2v) is 9.44. The molecule has 4 nitrogen and oxygen atoms in total. The number of likely N-dealkylation sites (tertiary alicyclic amines) is 1. The Kier molecular flexibility index (Phi) is 7.70. The minimum atomic E-state index is -0.0404. The van der Waals surface area contributed by atoms with Crippen molar-refractivity contribution in [3.8, 4) is 5.75 Å². The number of benzene rings is 2. The van der Waals surface area contributed by atoms with Gasteiger partial charge in [0.2, 0.25) is 0 Å². The van der Waals surface area contributed by atoms with Gasteiger partial charge in [0, 0.05) is 31.2 Å². The second kappa shape index (κ2) is 10.9. The molecule has 2 heterocycles. The average Bonchev–Trinajstić information content (AvgIpc) is 2.81. The van der Waals surface area contributed by atoms with Crippen molar-refractivity contribution in [3.05, 3.63) is 65.7 Å². The van der Waals surface area contributed by atoms with Crippen LogP contribution >= 0.6 is 11.8 Å². The maximum absolute atomic E-state index is 12.5. The van der Waals surface area contributed by atoms with Gasteiger partial charge in [-0.15, -0.1) is 0 Å². The highest BCUT2D eigenvalue weighted by Gasteiger charge is 2.27. The Morgan fingerprint density at radius 3 is 2.53 bits per heavy atom. The number of rotatable bonds is 7. The molecule has 2 aliphatic heterocycles. The fraction of sp³-hybridized carbons (Fsp3) is 0.480. The number of nitrogens with zero attached hydrogens (tertiary/aromatic N) is 1. The summed E-state index contributed by atoms with van der Waals surface area (Å²) in [6, 6.07) is 18.6. The van der Waals surface area contributed by atoms with E-state index in [1.165, 1.54) is 29.9 Å². The second-order valence-electron chi connectivity index (χ2n) is 8.22. The zero-order chi connectivity index (χ0) is 20.6. The van der Waals surface area contributed by atoms with Crippen molar-refractivity contribution in [1.29, 1.82) is 0 Å². The largest absolute Gasteiger partial charge is 0.490 e. The highest BCUT2D eigenvalue weighted by molar-refractivity contribution is 7.99. The molecule has 2 aromatic rings. The van der Waals surface area contributed by atoms with Gasteiger partial charge in [0.05, 0.1) is 0 Å². The summed E-state index contributed by atoms with van der Waals surface area (Å²) >= 11 is 2.09. The molecule has 160 valence electrons. The Balaban J connectivity index is 1.23. The van der Waals surface area contributed by atoms with Crippen LogP contribution in [0.2, 0.25) is 0 Å². The highest BCUT2D eigenvalue weighted by atomic mass is 32.2. The van der Waals surface area contributed by atoms with E-state index < -0.39 is 0 Å². The Morgan fingerprint density at radius 1 is 1.00 bits per heavy atom. The van der Waals surface area contributed by atoms with Crippen LogP contribution in [0.15, 0.2) is 54.6 Å². The molecule has 1 N–H and O–H groups in total. The summed E-state index contributed by atoms with van der Waals surface area (Å²) in [5, 5.41) is 3.02. The van der Waals surface area contributed by atoms with E-state index >= 15 is 0 Å². The van der Waals surface area contributed by atoms with E-state index in [2.05, 4.69) is 34.1 Å². The van der Waals surface area contributed by atoms with Crippen LogP contribution in [-0.4, -0.2) is 54.1 Å². The monoisotopic (exact) mass is 424 g/mol. The van der Waals surface area contributed by atoms with Crippen LogP contribution in [0, 0.1) is 0 Å². The van der Waals surface area contributed by atoms with Gasteiger partial charge in [-0.2, -0.15) is 11.8 Å². The van der Waals surface area contributed by atoms with Gasteiger partial charge in [-0.25, -0.2) is 0 Å². The Bertz CT molecular complexity index is 800. The lowest BCUT2D eigenvalue weighted by atomic mass is 10.0. The third kappa shape index (κ3) is 6.02. The highest BCUT2D eigenvalue weighted by Crippen LogP contribution is 2.26. The van der Waals surface area contributed by atoms with E-state index in [1.807, 2.05) is 42.5 Å². The first-order chi connectivity index (χ1) is 14.8. The van der Waals surface area contributed by atoms with Gasteiger partial charge in [-0.1, -0.05) is 36.4 Å². The van der Waals surface area contributed by atoms with Crippen LogP contribution in [0.1, 0.15) is 41.6 Å². The first-order valence-corrected chi connectivity index (χ1v) is 12.3. The van der Waals surface area contributed by atoms with Gasteiger partial charge in [0.15, 0.2) is 0 Å². The van der Waals surface area contributed by atoms with E-state index in [9.17, 15) is 4.79 Å². The molecule has 2 fully saturated rings. The normalized spacial score (nSPS) is 18.8. The summed E-state index contributed by atoms with van der Waals surface area (Å²) in [4.78, 5) is 15.2. The van der Waals surface area contributed by atoms with Gasteiger partial charge in [-0.3, -0.25) is 4.79 Å². The smallest absolute Gasteiger partial charge is 0.251 e. The molecule has 0 aromatic heterocycles. The number of thioether (sulfide) groups is 1. The van der Waals surface area contributed by atoms with E-state index in [-0.39, 0.29) is 12.0 Å². The van der Waals surface area contributed by atoms with Crippen molar-refractivity contribution in [2.45, 2.75) is 44.2 Å². The SMILES string of the molecule is O=C(NCCc1ccccc1)c1cccc(OC2CCN(C3CCSCC3)CC2)c1. The summed E-state index contributed by atoms with van der Waals surface area (Å²) in [5.41, 5.74) is 1.89. The number of carbonyl (C=O) groups excluding carboxylic acids is 1. The molecule has 30 heavy (non-hydrogen) atoms. The van der Waals surface area contributed by atoms with Gasteiger partial charge in [0.25, 0.3) is 5.91 Å². The molecule has 2 saturated heterocycles. The summed E-state index contributed by atoms with van der Waals surface area (Å²) in [6.07, 6.45) is 5.88. The van der Waals surface area contributed by atoms with Gasteiger partial charge in [0.1, 0.15) is 11.9 Å². The van der Waals surface area contributed by atoms with E-state index in [0.717, 1.165) is 44.1 Å². The molecule has 0 atom stereocenters. The van der Waals surface area contributed by atoms with Crippen molar-refractivity contribution in [2.75, 3.05) is 31.1 Å². The summed E-state index contributed by atoms with van der Waals surface area (Å²) in [5.74, 6) is 3.38. The Hall–Kier alpha value is -1.98. The number of hydrogen-bond acceptors (Lipinski definition) is 4. The van der Waals surface area contributed by atoms with Gasteiger partial charge in [-0.05, 0) is 67.4 Å². The van der Waals surface area contributed by atoms with Crippen molar-refractivity contribution in [3.63, 3.8) is 0 Å². The average molecular weight is 425 g/mol. The summed E-state index contributed by atoms with van der Waals surface area (Å²) < 4.78 is 6.24. The van der Waals surface area contributed by atoms with Crippen molar-refractivity contribution < 1.29 is 9.53 Å². The van der Waals surface area contributed by atoms with Gasteiger partial charge < -0.3 is 15.0 Å². The zero-order valence-electron chi connectivity index (χ0n) is 17.6. The molecule has 5 heteroatoms. The first-order valence-electron chi connectivity index (χ1n) is 11.2. The zero-order valence-corrected chi connectivity index (χ0v) is 18.4. The lowest BCUT2D eigenvalue weighted by molar-refractivity contribution is 0.0723. The van der Waals surface area contributed by atoms with Crippen LogP contribution in [0.3, 0.4) is 0 Å². The lowest BCUT2D eigenvalue weighted by Crippen LogP contribution is -2.45. The fourth-order valence-corrected chi connectivity index (χ4v) is 5.46. The number of amides is 1. The maximum atomic E-state index is 12.5. The third-order valence-corrected chi connectivity index (χ3v) is 7.17. The standard InChI is InChI=1S/C25H32N2O2S/c28-25(26-14-9-20-5-2-1-3-6-20)21-7-4-8-24(19-21)29-23-10-15-27(16-11-23)22-12-17-30-18-13-22/h1-8,19,22-23H,9-18H2,(H,26,28). The molecule has 1 amide bonds. The van der Waals surface area contributed by atoms with Crippen molar-refractivity contribution in [2.24, 2.45) is 0 Å². The minimum Gasteiger partial charge on any atom is -0.490 e. The number of nitrogens with one attached hydrogen (secondary N) is 1. The molecule has 0 radical (unpaired) electrons. The predicted octanol–water partition coefficient (Wildman–Crippen LogP) is 4.40. The predicted molar refractivity (Wildman–Crippen MR) is 124 cm³/mol. The van der Waals surface area contributed by atoms with Crippen molar-refractivity contribution >= 4 is 17.7 Å². The van der Waals surface area contributed by atoms with Crippen LogP contribution in [0.25, 0.3) is 0 Å². The third-order valence-electron chi connectivity index (χ3n) is 6.12. The van der Waals surface area contributed by atoms with E-state index in [4.69, 9.17) is 4.74 Å². The molecule has 2 aliphatic rings. The van der Waals surface area contributed by atoms with Crippen LogP contribution in [0.4, 0.5) is 0 Å². The number of hydrogen-bond donors (Lipinski definition) is 1. The topological polar surface area (TPSA) is 41.6 Å². The molecule has 0 aliphatic carbocycles. The van der Waals surface area contributed by atoms with Gasteiger partial charge >= 0.3 is 0 Å². The molecule has 0 unspecified atom stereocenters. The van der Waals surface area contributed by atoms with Crippen LogP contribution in [0.5, 0.6) is 5.75 Å². The van der Waals surface area contributed by atoms with E-state index in [1.54, 1.807) is 0 Å². The molecule has 4 rings (SSSR count). The number of piperidine rings is 1. The van der Waals surface area contributed by atoms with E-state index in [0.29, 0.717) is 12.1 Å². The van der Waals surface area contributed by atoms with Crippen LogP contribution in [-0.2, 0) is 6.42 Å². The van der Waals surface area contributed by atoms with Crippen molar-refractivity contribution in [1.82, 2.24) is 10.2 Å². The summed E-state index contributed by atoms with van der Waals surface area (Å²) in [6.45, 7) is 2.88. The number of carbonyl (C=O) groups is 1. The quantitative estimate of drug-likeness (QED) is 0.715. The molecular formula is C25H32N2O2S. The molecule has 0 saturated carbocycles. The maximum Gasteiger partial charge on any atom is 0.251 e. The van der Waals surface area contributed by atoms with Crippen LogP contribution < -0.4 is 10.1 Å². The molecular weight excluding hydrogens is 392 g/mol. The summed E-state index contributed by atoms with van der Waals surface area (Å²) in [7, 11) is 0. The lowest BCUT2D eigenvalue weighted by Gasteiger charge is -2.39. The fourth-order valence-electron chi connectivity index (χ4n) is 4.38.